The Kier molecular flexibility index (Phi) is 12.7. The molecule has 0 aliphatic rings. The second-order valence-electron chi connectivity index (χ2n) is 19.7. The SMILES string of the molecule is Cc1ccc(N(c2ccc(-c3cc(C(C)(C)c4ccc(N(c5ccc(C)cc5)c5ccc(-c6ccc(-c7ccc(C)s7)s6)cc5)cc4)c(-c4ccc(C)s4)s3)cc2)c2ccc(C(C)(C)C)cc2)cc1. The highest BCUT2D eigenvalue weighted by Crippen LogP contribution is 2.49. The molecule has 0 spiro atoms. The molecule has 6 heteroatoms. The number of benzene rings is 6. The van der Waals surface area contributed by atoms with Crippen LogP contribution in [0.15, 0.2) is 188 Å². The Bertz CT molecular complexity index is 3340. The van der Waals surface area contributed by atoms with Crippen LogP contribution >= 0.6 is 45.3 Å². The lowest BCUT2D eigenvalue weighted by molar-refractivity contribution is 0.590. The zero-order valence-corrected chi connectivity index (χ0v) is 44.2. The topological polar surface area (TPSA) is 6.48 Å². The molecular formula is C63H58N2S4. The van der Waals surface area contributed by atoms with Crippen molar-refractivity contribution < 1.29 is 0 Å². The zero-order valence-electron chi connectivity index (χ0n) is 40.9. The van der Waals surface area contributed by atoms with Crippen molar-refractivity contribution in [3.8, 4) is 40.4 Å². The molecule has 0 saturated heterocycles. The summed E-state index contributed by atoms with van der Waals surface area (Å²) in [4.78, 5) is 15.3. The van der Waals surface area contributed by atoms with E-state index in [0.717, 1.165) is 34.1 Å². The van der Waals surface area contributed by atoms with Gasteiger partial charge in [0.1, 0.15) is 0 Å². The van der Waals surface area contributed by atoms with Crippen molar-refractivity contribution in [2.75, 3.05) is 9.80 Å². The Morgan fingerprint density at radius 1 is 0.319 bits per heavy atom. The maximum atomic E-state index is 2.46. The van der Waals surface area contributed by atoms with Crippen molar-refractivity contribution in [2.45, 2.75) is 73.1 Å². The highest BCUT2D eigenvalue weighted by Gasteiger charge is 2.30. The van der Waals surface area contributed by atoms with E-state index in [9.17, 15) is 0 Å². The fourth-order valence-corrected chi connectivity index (χ4v) is 13.3. The first-order valence-corrected chi connectivity index (χ1v) is 27.0. The summed E-state index contributed by atoms with van der Waals surface area (Å²) < 4.78 is 0. The smallest absolute Gasteiger partial charge is 0.0490 e. The molecule has 0 fully saturated rings. The highest BCUT2D eigenvalue weighted by molar-refractivity contribution is 7.24. The third kappa shape index (κ3) is 9.69. The van der Waals surface area contributed by atoms with Crippen molar-refractivity contribution in [2.24, 2.45) is 0 Å². The second-order valence-corrected chi connectivity index (χ2v) is 24.5. The van der Waals surface area contributed by atoms with Gasteiger partial charge >= 0.3 is 0 Å². The lowest BCUT2D eigenvalue weighted by Crippen LogP contribution is -2.19. The average molecular weight is 971 g/mol. The lowest BCUT2D eigenvalue weighted by atomic mass is 9.77. The summed E-state index contributed by atoms with van der Waals surface area (Å²) in [6, 6.07) is 70.3. The predicted octanol–water partition coefficient (Wildman–Crippen LogP) is 20.4. The van der Waals surface area contributed by atoms with Crippen LogP contribution in [0.1, 0.15) is 72.2 Å². The number of hydrogen-bond donors (Lipinski definition) is 0. The molecule has 0 aliphatic carbocycles. The van der Waals surface area contributed by atoms with Gasteiger partial charge in [-0.3, -0.25) is 0 Å². The van der Waals surface area contributed by atoms with Crippen molar-refractivity contribution in [3.05, 3.63) is 226 Å². The van der Waals surface area contributed by atoms with E-state index in [0.29, 0.717) is 0 Å². The van der Waals surface area contributed by atoms with Gasteiger partial charge in [-0.15, -0.1) is 45.3 Å². The van der Waals surface area contributed by atoms with Crippen molar-refractivity contribution in [3.63, 3.8) is 0 Å². The molecule has 0 aliphatic heterocycles. The minimum Gasteiger partial charge on any atom is -0.311 e. The van der Waals surface area contributed by atoms with E-state index < -0.39 is 0 Å². The Morgan fingerprint density at radius 3 is 1.12 bits per heavy atom. The molecular weight excluding hydrogens is 913 g/mol. The molecule has 0 N–H and O–H groups in total. The van der Waals surface area contributed by atoms with Crippen LogP contribution in [-0.4, -0.2) is 0 Å². The number of nitrogens with zero attached hydrogens (tertiary/aromatic N) is 2. The molecule has 69 heavy (non-hydrogen) atoms. The quantitative estimate of drug-likeness (QED) is 0.120. The first-order chi connectivity index (χ1) is 33.2. The Hall–Kier alpha value is -6.28. The van der Waals surface area contributed by atoms with Gasteiger partial charge < -0.3 is 9.80 Å². The summed E-state index contributed by atoms with van der Waals surface area (Å²) in [6.07, 6.45) is 0. The minimum atomic E-state index is -0.278. The van der Waals surface area contributed by atoms with Gasteiger partial charge in [-0.05, 0) is 176 Å². The molecule has 0 radical (unpaired) electrons. The van der Waals surface area contributed by atoms with Crippen molar-refractivity contribution in [1.29, 1.82) is 0 Å². The number of rotatable bonds is 12. The Balaban J connectivity index is 0.969. The van der Waals surface area contributed by atoms with E-state index in [1.807, 2.05) is 45.3 Å². The van der Waals surface area contributed by atoms with Crippen LogP contribution in [0.2, 0.25) is 0 Å². The normalized spacial score (nSPS) is 11.8. The number of thiophene rings is 4. The number of aryl methyl sites for hydroxylation is 4. The molecule has 6 aromatic carbocycles. The second kappa shape index (κ2) is 18.9. The summed E-state index contributed by atoms with van der Waals surface area (Å²) in [5.41, 5.74) is 15.5. The van der Waals surface area contributed by atoms with Crippen LogP contribution in [0.25, 0.3) is 40.4 Å². The lowest BCUT2D eigenvalue weighted by Gasteiger charge is -2.29. The molecule has 0 bridgehead atoms. The molecule has 4 heterocycles. The van der Waals surface area contributed by atoms with E-state index >= 15 is 0 Å². The maximum Gasteiger partial charge on any atom is 0.0490 e. The minimum absolute atomic E-state index is 0.0872. The first kappa shape index (κ1) is 46.4. The summed E-state index contributed by atoms with van der Waals surface area (Å²) >= 11 is 7.51. The van der Waals surface area contributed by atoms with Gasteiger partial charge in [-0.1, -0.05) is 119 Å². The van der Waals surface area contributed by atoms with E-state index in [4.69, 9.17) is 0 Å². The molecule has 0 amide bonds. The first-order valence-electron chi connectivity index (χ1n) is 23.7. The van der Waals surface area contributed by atoms with Gasteiger partial charge in [0, 0.05) is 78.6 Å². The standard InChI is InChI=1S/C63H58N2S4/c1-41-10-24-49(25-11-41)64(53-32-20-47(21-33-53)62(5,6)7)52-30-18-46(19-31-52)60-40-55(61(69-60)59-37-15-44(4)67-59)63(8,9)48-22-34-54(35-23-48)65(50-26-12-42(2)13-27-50)51-28-16-45(17-29-51)56-38-39-58(68-56)57-36-14-43(3)66-57/h10-40H,1-9H3. The van der Waals surface area contributed by atoms with Crippen LogP contribution in [0.4, 0.5) is 34.1 Å². The summed E-state index contributed by atoms with van der Waals surface area (Å²) in [7, 11) is 0. The molecule has 10 rings (SSSR count). The van der Waals surface area contributed by atoms with Crippen LogP contribution in [-0.2, 0) is 10.8 Å². The fraction of sp³-hybridized carbons (Fsp3) is 0.175. The molecule has 344 valence electrons. The Morgan fingerprint density at radius 2 is 0.681 bits per heavy atom. The fourth-order valence-electron chi connectivity index (χ4n) is 9.05. The molecule has 0 atom stereocenters. The maximum absolute atomic E-state index is 2.46. The predicted molar refractivity (Wildman–Crippen MR) is 305 cm³/mol. The van der Waals surface area contributed by atoms with E-state index in [1.54, 1.807) is 0 Å². The molecule has 0 unspecified atom stereocenters. The van der Waals surface area contributed by atoms with Crippen LogP contribution < -0.4 is 9.80 Å². The van der Waals surface area contributed by atoms with Gasteiger partial charge in [-0.25, -0.2) is 0 Å². The summed E-state index contributed by atoms with van der Waals surface area (Å²) in [5, 5.41) is 0. The van der Waals surface area contributed by atoms with Gasteiger partial charge in [0.2, 0.25) is 0 Å². The molecule has 4 aromatic heterocycles. The molecule has 2 nitrogen and oxygen atoms in total. The molecule has 10 aromatic rings. The van der Waals surface area contributed by atoms with E-state index in [1.165, 1.54) is 78.0 Å². The van der Waals surface area contributed by atoms with Gasteiger partial charge in [0.15, 0.2) is 0 Å². The third-order valence-corrected chi connectivity index (χ3v) is 17.9. The van der Waals surface area contributed by atoms with Gasteiger partial charge in [0.25, 0.3) is 0 Å². The summed E-state index contributed by atoms with van der Waals surface area (Å²) in [5.74, 6) is 0. The summed E-state index contributed by atoms with van der Waals surface area (Å²) in [6.45, 7) is 20.3. The van der Waals surface area contributed by atoms with Crippen LogP contribution in [0.5, 0.6) is 0 Å². The monoisotopic (exact) mass is 970 g/mol. The van der Waals surface area contributed by atoms with Gasteiger partial charge in [0.05, 0.1) is 0 Å². The number of hydrogen-bond acceptors (Lipinski definition) is 6. The van der Waals surface area contributed by atoms with Crippen LogP contribution in [0.3, 0.4) is 0 Å². The van der Waals surface area contributed by atoms with Crippen molar-refractivity contribution >= 4 is 79.5 Å². The zero-order chi connectivity index (χ0) is 48.0. The Labute approximate surface area is 425 Å². The average Bonchev–Trinajstić information content (AvgIpc) is 4.19. The third-order valence-electron chi connectivity index (χ3n) is 13.2. The van der Waals surface area contributed by atoms with Gasteiger partial charge in [-0.2, -0.15) is 0 Å². The van der Waals surface area contributed by atoms with Crippen molar-refractivity contribution in [1.82, 2.24) is 0 Å². The van der Waals surface area contributed by atoms with E-state index in [-0.39, 0.29) is 10.8 Å². The number of anilines is 6. The highest BCUT2D eigenvalue weighted by atomic mass is 32.1. The largest absolute Gasteiger partial charge is 0.311 e. The van der Waals surface area contributed by atoms with Crippen LogP contribution in [0, 0.1) is 27.7 Å². The van der Waals surface area contributed by atoms with E-state index in [2.05, 4.69) is 260 Å². The molecule has 0 saturated carbocycles.